The molecular formula is C15H10Cl2N4O2. The fourth-order valence-electron chi connectivity index (χ4n) is 1.97. The maximum absolute atomic E-state index is 12.0. The molecule has 0 unspecified atom stereocenters. The van der Waals surface area contributed by atoms with Crippen molar-refractivity contribution in [3.05, 3.63) is 52.8 Å². The second-order valence-corrected chi connectivity index (χ2v) is 5.51. The third kappa shape index (κ3) is 3.44. The Bertz CT molecular complexity index is 907. The standard InChI is InChI=1S/C15H10Cl2N4O2/c16-8-1-3-10(17)12(5-8)21-15(23)14(22)20-9-2-4-11-13(6-9)19-7-18-11/h1-7H,(H,18,19)(H,20,22)(H,21,23). The van der Waals surface area contributed by atoms with Crippen molar-refractivity contribution in [3.8, 4) is 0 Å². The van der Waals surface area contributed by atoms with E-state index in [9.17, 15) is 9.59 Å². The minimum atomic E-state index is -0.848. The Hall–Kier alpha value is -2.57. The van der Waals surface area contributed by atoms with Crippen LogP contribution in [-0.4, -0.2) is 21.8 Å². The molecule has 6 nitrogen and oxygen atoms in total. The molecule has 2 aromatic carbocycles. The molecule has 23 heavy (non-hydrogen) atoms. The van der Waals surface area contributed by atoms with Gasteiger partial charge in [-0.25, -0.2) is 4.98 Å². The van der Waals surface area contributed by atoms with E-state index in [0.717, 1.165) is 11.0 Å². The molecule has 3 N–H and O–H groups in total. The van der Waals surface area contributed by atoms with Gasteiger partial charge in [0.2, 0.25) is 0 Å². The van der Waals surface area contributed by atoms with Gasteiger partial charge in [-0.1, -0.05) is 23.2 Å². The number of rotatable bonds is 2. The van der Waals surface area contributed by atoms with Gasteiger partial charge in [0.1, 0.15) is 0 Å². The van der Waals surface area contributed by atoms with Crippen LogP contribution in [0.15, 0.2) is 42.7 Å². The molecule has 1 heterocycles. The first-order valence-electron chi connectivity index (χ1n) is 6.53. The Morgan fingerprint density at radius 2 is 1.78 bits per heavy atom. The van der Waals surface area contributed by atoms with E-state index in [1.54, 1.807) is 30.6 Å². The molecule has 0 aliphatic heterocycles. The van der Waals surface area contributed by atoms with E-state index in [0.29, 0.717) is 10.7 Å². The number of aromatic amines is 1. The average molecular weight is 349 g/mol. The third-order valence-corrected chi connectivity index (χ3v) is 3.63. The molecule has 0 bridgehead atoms. The topological polar surface area (TPSA) is 86.9 Å². The quantitative estimate of drug-likeness (QED) is 0.620. The van der Waals surface area contributed by atoms with Crippen LogP contribution in [0.1, 0.15) is 0 Å². The highest BCUT2D eigenvalue weighted by Gasteiger charge is 2.16. The summed E-state index contributed by atoms with van der Waals surface area (Å²) in [4.78, 5) is 30.9. The van der Waals surface area contributed by atoms with Gasteiger partial charge in [0.15, 0.2) is 0 Å². The van der Waals surface area contributed by atoms with Gasteiger partial charge in [-0.2, -0.15) is 0 Å². The molecular weight excluding hydrogens is 339 g/mol. The second kappa shape index (κ2) is 6.28. The summed E-state index contributed by atoms with van der Waals surface area (Å²) < 4.78 is 0. The maximum Gasteiger partial charge on any atom is 0.314 e. The monoisotopic (exact) mass is 348 g/mol. The molecule has 8 heteroatoms. The molecule has 0 radical (unpaired) electrons. The highest BCUT2D eigenvalue weighted by atomic mass is 35.5. The normalized spacial score (nSPS) is 10.5. The number of hydrogen-bond donors (Lipinski definition) is 3. The summed E-state index contributed by atoms with van der Waals surface area (Å²) in [6.07, 6.45) is 1.55. The van der Waals surface area contributed by atoms with Crippen molar-refractivity contribution in [2.75, 3.05) is 10.6 Å². The Morgan fingerprint density at radius 3 is 2.61 bits per heavy atom. The molecule has 1 aromatic heterocycles. The summed E-state index contributed by atoms with van der Waals surface area (Å²) in [5, 5.41) is 5.60. The van der Waals surface area contributed by atoms with Crippen LogP contribution in [0.2, 0.25) is 10.0 Å². The number of halogens is 2. The van der Waals surface area contributed by atoms with Gasteiger partial charge in [-0.15, -0.1) is 0 Å². The number of carbonyl (C=O) groups excluding carboxylic acids is 2. The SMILES string of the molecule is O=C(Nc1ccc2nc[nH]c2c1)C(=O)Nc1cc(Cl)ccc1Cl. The lowest BCUT2D eigenvalue weighted by Crippen LogP contribution is -2.29. The van der Waals surface area contributed by atoms with Crippen LogP contribution < -0.4 is 10.6 Å². The van der Waals surface area contributed by atoms with Crippen LogP contribution in [-0.2, 0) is 9.59 Å². The molecule has 116 valence electrons. The molecule has 0 spiro atoms. The second-order valence-electron chi connectivity index (χ2n) is 4.67. The van der Waals surface area contributed by atoms with E-state index in [2.05, 4.69) is 20.6 Å². The Morgan fingerprint density at radius 1 is 1.00 bits per heavy atom. The average Bonchev–Trinajstić information content (AvgIpc) is 2.98. The molecule has 2 amide bonds. The molecule has 0 atom stereocenters. The van der Waals surface area contributed by atoms with E-state index in [-0.39, 0.29) is 10.7 Å². The van der Waals surface area contributed by atoms with E-state index in [1.165, 1.54) is 12.1 Å². The molecule has 0 aliphatic rings. The van der Waals surface area contributed by atoms with Gasteiger partial charge in [0.05, 0.1) is 28.1 Å². The molecule has 0 aliphatic carbocycles. The summed E-state index contributed by atoms with van der Waals surface area (Å²) in [5.74, 6) is -1.67. The first-order chi connectivity index (χ1) is 11.0. The van der Waals surface area contributed by atoms with E-state index >= 15 is 0 Å². The summed E-state index contributed by atoms with van der Waals surface area (Å²) >= 11 is 11.8. The maximum atomic E-state index is 12.0. The smallest absolute Gasteiger partial charge is 0.314 e. The largest absolute Gasteiger partial charge is 0.345 e. The van der Waals surface area contributed by atoms with Gasteiger partial charge >= 0.3 is 11.8 Å². The number of amides is 2. The molecule has 3 rings (SSSR count). The third-order valence-electron chi connectivity index (χ3n) is 3.06. The minimum absolute atomic E-state index is 0.267. The van der Waals surface area contributed by atoms with Gasteiger partial charge in [0.25, 0.3) is 0 Å². The number of aromatic nitrogens is 2. The number of H-pyrrole nitrogens is 1. The summed E-state index contributed by atoms with van der Waals surface area (Å²) in [6, 6.07) is 9.64. The lowest BCUT2D eigenvalue weighted by Gasteiger charge is -2.08. The highest BCUT2D eigenvalue weighted by molar-refractivity contribution is 6.45. The molecule has 0 saturated heterocycles. The zero-order valence-electron chi connectivity index (χ0n) is 11.6. The summed E-state index contributed by atoms with van der Waals surface area (Å²) in [5.41, 5.74) is 2.25. The number of carbonyl (C=O) groups is 2. The zero-order chi connectivity index (χ0) is 16.4. The first kappa shape index (κ1) is 15.3. The van der Waals surface area contributed by atoms with E-state index in [4.69, 9.17) is 23.2 Å². The van der Waals surface area contributed by atoms with Crippen molar-refractivity contribution < 1.29 is 9.59 Å². The van der Waals surface area contributed by atoms with Crippen LogP contribution in [0, 0.1) is 0 Å². The number of hydrogen-bond acceptors (Lipinski definition) is 3. The number of benzene rings is 2. The fraction of sp³-hybridized carbons (Fsp3) is 0. The van der Waals surface area contributed by atoms with Crippen LogP contribution in [0.5, 0.6) is 0 Å². The molecule has 0 saturated carbocycles. The Balaban J connectivity index is 1.72. The van der Waals surface area contributed by atoms with Crippen molar-refractivity contribution in [1.29, 1.82) is 0 Å². The van der Waals surface area contributed by atoms with E-state index < -0.39 is 11.8 Å². The Labute approximate surface area is 140 Å². The predicted octanol–water partition coefficient (Wildman–Crippen LogP) is 3.45. The number of anilines is 2. The van der Waals surface area contributed by atoms with Crippen molar-refractivity contribution in [1.82, 2.24) is 9.97 Å². The van der Waals surface area contributed by atoms with Crippen molar-refractivity contribution in [3.63, 3.8) is 0 Å². The van der Waals surface area contributed by atoms with Crippen LogP contribution in [0.3, 0.4) is 0 Å². The number of fused-ring (bicyclic) bond motifs is 1. The van der Waals surface area contributed by atoms with Crippen molar-refractivity contribution >= 4 is 57.4 Å². The van der Waals surface area contributed by atoms with Crippen LogP contribution in [0.4, 0.5) is 11.4 Å². The first-order valence-corrected chi connectivity index (χ1v) is 7.29. The molecule has 3 aromatic rings. The Kier molecular flexibility index (Phi) is 4.18. The van der Waals surface area contributed by atoms with Gasteiger partial charge < -0.3 is 15.6 Å². The number of nitrogens with one attached hydrogen (secondary N) is 3. The predicted molar refractivity (Wildman–Crippen MR) is 89.8 cm³/mol. The number of nitrogens with zero attached hydrogens (tertiary/aromatic N) is 1. The lowest BCUT2D eigenvalue weighted by atomic mass is 10.2. The van der Waals surface area contributed by atoms with E-state index in [1.807, 2.05) is 0 Å². The number of imidazole rings is 1. The minimum Gasteiger partial charge on any atom is -0.345 e. The summed E-state index contributed by atoms with van der Waals surface area (Å²) in [6.45, 7) is 0. The zero-order valence-corrected chi connectivity index (χ0v) is 13.1. The summed E-state index contributed by atoms with van der Waals surface area (Å²) in [7, 11) is 0. The highest BCUT2D eigenvalue weighted by Crippen LogP contribution is 2.25. The fourth-order valence-corrected chi connectivity index (χ4v) is 2.31. The lowest BCUT2D eigenvalue weighted by molar-refractivity contribution is -0.132. The van der Waals surface area contributed by atoms with Crippen molar-refractivity contribution in [2.24, 2.45) is 0 Å². The van der Waals surface area contributed by atoms with Gasteiger partial charge in [-0.05, 0) is 36.4 Å². The van der Waals surface area contributed by atoms with Gasteiger partial charge in [-0.3, -0.25) is 9.59 Å². The van der Waals surface area contributed by atoms with Crippen molar-refractivity contribution in [2.45, 2.75) is 0 Å². The van der Waals surface area contributed by atoms with Crippen LogP contribution in [0.25, 0.3) is 11.0 Å². The molecule has 0 fully saturated rings. The van der Waals surface area contributed by atoms with Gasteiger partial charge in [0, 0.05) is 10.7 Å². The van der Waals surface area contributed by atoms with Crippen LogP contribution >= 0.6 is 23.2 Å².